The molecule has 1 aliphatic rings. The summed E-state index contributed by atoms with van der Waals surface area (Å²) in [4.78, 5) is 26.6. The highest BCUT2D eigenvalue weighted by Gasteiger charge is 2.31. The molecule has 1 saturated heterocycles. The van der Waals surface area contributed by atoms with Crippen LogP contribution >= 0.6 is 0 Å². The topological polar surface area (TPSA) is 88.0 Å². The summed E-state index contributed by atoms with van der Waals surface area (Å²) in [6.07, 6.45) is 0.0515. The molecular weight excluding hydrogens is 459 g/mol. The van der Waals surface area contributed by atoms with Crippen LogP contribution in [0.5, 0.6) is 0 Å². The van der Waals surface area contributed by atoms with Crippen LogP contribution in [0.4, 0.5) is 30.8 Å². The highest BCUT2D eigenvalue weighted by Crippen LogP contribution is 2.33. The normalized spacial score (nSPS) is 16.5. The zero-order chi connectivity index (χ0) is 25.3. The standard InChI is InChI=1S/C24H28F3N7O/c1-5-21(35)31-18-10-19-20(9-17(18)14(2)3)33(4)23(32-19)34-8-6-7-16(13-34)30-22-28-11-15(12-29-22)24(25,26)27/h5,9-12,14,16H,1,6-8,13H2,2-4H3,(H,31,35)(H,28,29,30). The number of aromatic nitrogens is 4. The number of fused-ring (bicyclic) bond motifs is 1. The fourth-order valence-electron chi connectivity index (χ4n) is 4.30. The Bertz CT molecular complexity index is 1230. The molecule has 0 aliphatic carbocycles. The molecule has 0 radical (unpaired) electrons. The van der Waals surface area contributed by atoms with Crippen molar-refractivity contribution in [3.8, 4) is 0 Å². The highest BCUT2D eigenvalue weighted by atomic mass is 19.4. The van der Waals surface area contributed by atoms with Gasteiger partial charge in [-0.3, -0.25) is 4.79 Å². The second kappa shape index (κ2) is 9.55. The van der Waals surface area contributed by atoms with E-state index in [1.807, 2.05) is 23.7 Å². The van der Waals surface area contributed by atoms with E-state index in [9.17, 15) is 18.0 Å². The zero-order valence-corrected chi connectivity index (χ0v) is 19.9. The van der Waals surface area contributed by atoms with Gasteiger partial charge in [0.25, 0.3) is 0 Å². The van der Waals surface area contributed by atoms with Crippen LogP contribution < -0.4 is 15.5 Å². The third-order valence-electron chi connectivity index (χ3n) is 6.11. The maximum atomic E-state index is 12.8. The third kappa shape index (κ3) is 5.23. The summed E-state index contributed by atoms with van der Waals surface area (Å²) in [6.45, 7) is 9.03. The number of hydrogen-bond acceptors (Lipinski definition) is 6. The van der Waals surface area contributed by atoms with Gasteiger partial charge in [0.2, 0.25) is 17.8 Å². The average Bonchev–Trinajstić information content (AvgIpc) is 3.13. The Morgan fingerprint density at radius 3 is 2.60 bits per heavy atom. The van der Waals surface area contributed by atoms with Crippen molar-refractivity contribution < 1.29 is 18.0 Å². The number of anilines is 3. The molecule has 1 unspecified atom stereocenters. The minimum Gasteiger partial charge on any atom is -0.350 e. The van der Waals surface area contributed by atoms with E-state index in [2.05, 4.69) is 45.9 Å². The Hall–Kier alpha value is -3.63. The van der Waals surface area contributed by atoms with E-state index >= 15 is 0 Å². The second-order valence-electron chi connectivity index (χ2n) is 8.97. The number of carbonyl (C=O) groups is 1. The number of piperidine rings is 1. The molecule has 0 bridgehead atoms. The Balaban J connectivity index is 1.57. The highest BCUT2D eigenvalue weighted by molar-refractivity contribution is 6.01. The third-order valence-corrected chi connectivity index (χ3v) is 6.11. The summed E-state index contributed by atoms with van der Waals surface area (Å²) < 4.78 is 40.4. The molecule has 2 aromatic heterocycles. The Kier molecular flexibility index (Phi) is 6.68. The van der Waals surface area contributed by atoms with E-state index in [4.69, 9.17) is 4.98 Å². The summed E-state index contributed by atoms with van der Waals surface area (Å²) >= 11 is 0. The Labute approximate surface area is 201 Å². The van der Waals surface area contributed by atoms with Crippen LogP contribution in [-0.2, 0) is 18.0 Å². The van der Waals surface area contributed by atoms with E-state index in [1.54, 1.807) is 0 Å². The molecule has 1 aliphatic heterocycles. The Morgan fingerprint density at radius 2 is 1.97 bits per heavy atom. The number of benzene rings is 1. The molecule has 1 amide bonds. The number of rotatable bonds is 6. The van der Waals surface area contributed by atoms with Gasteiger partial charge in [-0.2, -0.15) is 13.2 Å². The average molecular weight is 488 g/mol. The van der Waals surface area contributed by atoms with Crippen molar-refractivity contribution in [3.05, 3.63) is 48.3 Å². The minimum atomic E-state index is -4.47. The lowest BCUT2D eigenvalue weighted by Crippen LogP contribution is -2.43. The SMILES string of the molecule is C=CC(=O)Nc1cc2nc(N3CCCC(Nc4ncc(C(F)(F)F)cn4)C3)n(C)c2cc1C(C)C. The first-order valence-electron chi connectivity index (χ1n) is 11.4. The number of nitrogens with one attached hydrogen (secondary N) is 2. The molecule has 0 spiro atoms. The van der Waals surface area contributed by atoms with Gasteiger partial charge in [0.1, 0.15) is 0 Å². The number of nitrogens with zero attached hydrogens (tertiary/aromatic N) is 5. The molecule has 186 valence electrons. The quantitative estimate of drug-likeness (QED) is 0.490. The van der Waals surface area contributed by atoms with Gasteiger partial charge < -0.3 is 20.1 Å². The summed E-state index contributed by atoms with van der Waals surface area (Å²) in [7, 11) is 1.95. The van der Waals surface area contributed by atoms with Crippen LogP contribution in [-0.4, -0.2) is 44.6 Å². The lowest BCUT2D eigenvalue weighted by Gasteiger charge is -2.33. The van der Waals surface area contributed by atoms with Gasteiger partial charge in [-0.1, -0.05) is 20.4 Å². The lowest BCUT2D eigenvalue weighted by molar-refractivity contribution is -0.138. The molecule has 35 heavy (non-hydrogen) atoms. The molecule has 11 heteroatoms. The van der Waals surface area contributed by atoms with E-state index in [-0.39, 0.29) is 23.8 Å². The predicted molar refractivity (Wildman–Crippen MR) is 130 cm³/mol. The predicted octanol–water partition coefficient (Wildman–Crippen LogP) is 4.71. The van der Waals surface area contributed by atoms with Crippen molar-refractivity contribution in [2.45, 2.75) is 44.8 Å². The van der Waals surface area contributed by atoms with Crippen LogP contribution in [0.1, 0.15) is 43.7 Å². The fourth-order valence-corrected chi connectivity index (χ4v) is 4.30. The molecular formula is C24H28F3N7O. The largest absolute Gasteiger partial charge is 0.419 e. The number of carbonyl (C=O) groups excluding carboxylic acids is 1. The monoisotopic (exact) mass is 487 g/mol. The zero-order valence-electron chi connectivity index (χ0n) is 19.9. The van der Waals surface area contributed by atoms with Crippen molar-refractivity contribution in [3.63, 3.8) is 0 Å². The van der Waals surface area contributed by atoms with Gasteiger partial charge in [0.05, 0.1) is 16.6 Å². The van der Waals surface area contributed by atoms with Crippen molar-refractivity contribution in [1.82, 2.24) is 19.5 Å². The van der Waals surface area contributed by atoms with Gasteiger partial charge in [-0.15, -0.1) is 0 Å². The number of aryl methyl sites for hydroxylation is 1. The molecule has 3 heterocycles. The molecule has 1 fully saturated rings. The van der Waals surface area contributed by atoms with Crippen molar-refractivity contribution in [2.24, 2.45) is 7.05 Å². The first kappa shape index (κ1) is 24.5. The summed E-state index contributed by atoms with van der Waals surface area (Å²) in [5.74, 6) is 0.851. The van der Waals surface area contributed by atoms with Crippen LogP contribution in [0, 0.1) is 0 Å². The van der Waals surface area contributed by atoms with Crippen LogP contribution in [0.25, 0.3) is 11.0 Å². The van der Waals surface area contributed by atoms with Gasteiger partial charge >= 0.3 is 6.18 Å². The van der Waals surface area contributed by atoms with Gasteiger partial charge in [0.15, 0.2) is 0 Å². The van der Waals surface area contributed by atoms with Crippen LogP contribution in [0.15, 0.2) is 37.2 Å². The van der Waals surface area contributed by atoms with Crippen LogP contribution in [0.3, 0.4) is 0 Å². The minimum absolute atomic E-state index is 0.0473. The van der Waals surface area contributed by atoms with Gasteiger partial charge in [0, 0.05) is 44.3 Å². The molecule has 1 aromatic carbocycles. The molecule has 3 aromatic rings. The number of alkyl halides is 3. The van der Waals surface area contributed by atoms with Crippen molar-refractivity contribution >= 4 is 34.5 Å². The Morgan fingerprint density at radius 1 is 1.26 bits per heavy atom. The number of imidazole rings is 1. The van der Waals surface area contributed by atoms with Crippen molar-refractivity contribution in [1.29, 1.82) is 0 Å². The van der Waals surface area contributed by atoms with E-state index in [1.165, 1.54) is 6.08 Å². The molecule has 4 rings (SSSR count). The molecule has 0 saturated carbocycles. The summed E-state index contributed by atoms with van der Waals surface area (Å²) in [5, 5.41) is 6.02. The molecule has 2 N–H and O–H groups in total. The smallest absolute Gasteiger partial charge is 0.350 e. The number of halogens is 3. The second-order valence-corrected chi connectivity index (χ2v) is 8.97. The summed E-state index contributed by atoms with van der Waals surface area (Å²) in [6, 6.07) is 3.88. The van der Waals surface area contributed by atoms with E-state index < -0.39 is 11.7 Å². The maximum absolute atomic E-state index is 12.8. The van der Waals surface area contributed by atoms with E-state index in [0.29, 0.717) is 12.2 Å². The van der Waals surface area contributed by atoms with Gasteiger partial charge in [-0.05, 0) is 42.5 Å². The maximum Gasteiger partial charge on any atom is 0.419 e. The first-order chi connectivity index (χ1) is 16.6. The number of amides is 1. The molecule has 8 nitrogen and oxygen atoms in total. The van der Waals surface area contributed by atoms with Crippen LogP contribution in [0.2, 0.25) is 0 Å². The van der Waals surface area contributed by atoms with E-state index in [0.717, 1.165) is 54.3 Å². The van der Waals surface area contributed by atoms with Crippen molar-refractivity contribution in [2.75, 3.05) is 28.6 Å². The lowest BCUT2D eigenvalue weighted by atomic mass is 10.00. The first-order valence-corrected chi connectivity index (χ1v) is 11.4. The fraction of sp³-hybridized carbons (Fsp3) is 0.417. The summed E-state index contributed by atoms with van der Waals surface area (Å²) in [5.41, 5.74) is 2.53. The molecule has 1 atom stereocenters. The number of hydrogen-bond donors (Lipinski definition) is 2. The van der Waals surface area contributed by atoms with Gasteiger partial charge in [-0.25, -0.2) is 15.0 Å².